The fraction of sp³-hybridized carbons (Fsp3) is 0.375. The summed E-state index contributed by atoms with van der Waals surface area (Å²) >= 11 is 0. The summed E-state index contributed by atoms with van der Waals surface area (Å²) in [7, 11) is -3.52. The number of rotatable bonds is 5. The van der Waals surface area contributed by atoms with Crippen LogP contribution in [0.5, 0.6) is 0 Å². The van der Waals surface area contributed by atoms with Crippen molar-refractivity contribution in [3.05, 3.63) is 27.9 Å². The van der Waals surface area contributed by atoms with Gasteiger partial charge in [0.05, 0.1) is 10.7 Å². The number of aromatic nitrogens is 1. The zero-order valence-electron chi connectivity index (χ0n) is 9.08. The predicted molar refractivity (Wildman–Crippen MR) is 62.1 cm³/mol. The van der Waals surface area contributed by atoms with Crippen molar-refractivity contribution in [2.75, 3.05) is 17.6 Å². The van der Waals surface area contributed by atoms with Gasteiger partial charge in [-0.15, -0.1) is 0 Å². The molecule has 0 saturated carbocycles. The molecule has 0 amide bonds. The predicted octanol–water partition coefficient (Wildman–Crippen LogP) is -0.00138. The summed E-state index contributed by atoms with van der Waals surface area (Å²) in [6.45, 7) is 1.60. The number of primary sulfonamides is 1. The maximum atomic E-state index is 10.7. The Morgan fingerprint density at radius 2 is 2.18 bits per heavy atom. The molecular weight excluding hydrogens is 248 g/mol. The molecule has 8 nitrogen and oxygen atoms in total. The van der Waals surface area contributed by atoms with E-state index in [1.54, 1.807) is 0 Å². The van der Waals surface area contributed by atoms with Gasteiger partial charge >= 0.3 is 0 Å². The molecule has 0 atom stereocenters. The van der Waals surface area contributed by atoms with Gasteiger partial charge in [-0.1, -0.05) is 0 Å². The molecule has 0 bridgehead atoms. The summed E-state index contributed by atoms with van der Waals surface area (Å²) in [6.07, 6.45) is 0. The van der Waals surface area contributed by atoms with E-state index in [0.717, 1.165) is 0 Å². The smallest absolute Gasteiger partial charge is 0.290 e. The monoisotopic (exact) mass is 260 g/mol. The number of pyridine rings is 1. The molecule has 0 aliphatic rings. The Morgan fingerprint density at radius 3 is 2.65 bits per heavy atom. The van der Waals surface area contributed by atoms with Crippen LogP contribution in [-0.4, -0.2) is 30.6 Å². The number of nitrogens with two attached hydrogens (primary N) is 1. The van der Waals surface area contributed by atoms with E-state index >= 15 is 0 Å². The molecule has 1 heterocycles. The number of hydrogen-bond donors (Lipinski definition) is 2. The molecule has 0 fully saturated rings. The molecule has 94 valence electrons. The molecule has 0 aromatic carbocycles. The topological polar surface area (TPSA) is 128 Å². The average molecular weight is 260 g/mol. The van der Waals surface area contributed by atoms with Crippen LogP contribution >= 0.6 is 0 Å². The second kappa shape index (κ2) is 5.06. The van der Waals surface area contributed by atoms with E-state index in [1.807, 2.05) is 0 Å². The normalized spacial score (nSPS) is 11.2. The van der Waals surface area contributed by atoms with Crippen molar-refractivity contribution in [1.29, 1.82) is 0 Å². The minimum absolute atomic E-state index is 0.0815. The average Bonchev–Trinajstić information content (AvgIpc) is 2.15. The van der Waals surface area contributed by atoms with Gasteiger partial charge in [-0.2, -0.15) is 0 Å². The SMILES string of the molecule is Cc1nc(NCCS(N)(=O)=O)ccc1[N+](=O)[O-]. The highest BCUT2D eigenvalue weighted by molar-refractivity contribution is 7.89. The third kappa shape index (κ3) is 4.33. The summed E-state index contributed by atoms with van der Waals surface area (Å²) in [4.78, 5) is 13.9. The molecule has 0 radical (unpaired) electrons. The van der Waals surface area contributed by atoms with Gasteiger partial charge in [0, 0.05) is 12.6 Å². The first-order valence-electron chi connectivity index (χ1n) is 4.66. The molecule has 0 aliphatic carbocycles. The van der Waals surface area contributed by atoms with Gasteiger partial charge in [0.25, 0.3) is 5.69 Å². The molecule has 3 N–H and O–H groups in total. The van der Waals surface area contributed by atoms with Crippen LogP contribution in [0.3, 0.4) is 0 Å². The minimum atomic E-state index is -3.52. The second-order valence-electron chi connectivity index (χ2n) is 3.35. The molecule has 0 spiro atoms. The first-order valence-corrected chi connectivity index (χ1v) is 6.37. The third-order valence-electron chi connectivity index (χ3n) is 1.95. The molecule has 0 aliphatic heterocycles. The second-order valence-corrected chi connectivity index (χ2v) is 5.09. The van der Waals surface area contributed by atoms with Crippen molar-refractivity contribution in [2.24, 2.45) is 5.14 Å². The van der Waals surface area contributed by atoms with E-state index in [2.05, 4.69) is 10.3 Å². The summed E-state index contributed by atoms with van der Waals surface area (Å²) in [6, 6.07) is 2.72. The zero-order chi connectivity index (χ0) is 13.1. The van der Waals surface area contributed by atoms with Crippen molar-refractivity contribution in [3.8, 4) is 0 Å². The van der Waals surface area contributed by atoms with Crippen LogP contribution in [0.4, 0.5) is 11.5 Å². The number of aryl methyl sites for hydroxylation is 1. The first kappa shape index (κ1) is 13.3. The van der Waals surface area contributed by atoms with E-state index < -0.39 is 14.9 Å². The van der Waals surface area contributed by atoms with E-state index in [1.165, 1.54) is 19.1 Å². The molecule has 1 aromatic heterocycles. The number of anilines is 1. The van der Waals surface area contributed by atoms with Gasteiger partial charge in [0.15, 0.2) is 0 Å². The van der Waals surface area contributed by atoms with E-state index in [0.29, 0.717) is 5.82 Å². The fourth-order valence-electron chi connectivity index (χ4n) is 1.17. The van der Waals surface area contributed by atoms with Crippen LogP contribution in [0.1, 0.15) is 5.69 Å². The van der Waals surface area contributed by atoms with Crippen molar-refractivity contribution in [3.63, 3.8) is 0 Å². The fourth-order valence-corrected chi connectivity index (χ4v) is 1.55. The van der Waals surface area contributed by atoms with Gasteiger partial charge in [-0.3, -0.25) is 10.1 Å². The Hall–Kier alpha value is -1.74. The standard InChI is InChI=1S/C8H12N4O4S/c1-6-7(12(13)14)2-3-8(11-6)10-4-5-17(9,15)16/h2-3H,4-5H2,1H3,(H,10,11)(H2,9,15,16). The Kier molecular flexibility index (Phi) is 3.97. The van der Waals surface area contributed by atoms with Crippen molar-refractivity contribution in [2.45, 2.75) is 6.92 Å². The van der Waals surface area contributed by atoms with Crippen molar-refractivity contribution < 1.29 is 13.3 Å². The maximum Gasteiger partial charge on any atom is 0.290 e. The van der Waals surface area contributed by atoms with E-state index in [9.17, 15) is 18.5 Å². The van der Waals surface area contributed by atoms with Crippen LogP contribution in [0, 0.1) is 17.0 Å². The number of nitrogens with zero attached hydrogens (tertiary/aromatic N) is 2. The minimum Gasteiger partial charge on any atom is -0.369 e. The molecular formula is C8H12N4O4S. The third-order valence-corrected chi connectivity index (χ3v) is 2.72. The van der Waals surface area contributed by atoms with Gasteiger partial charge in [-0.05, 0) is 13.0 Å². The number of nitro groups is 1. The quantitative estimate of drug-likeness (QED) is 0.566. The lowest BCUT2D eigenvalue weighted by Crippen LogP contribution is -2.22. The summed E-state index contributed by atoms with van der Waals surface area (Å²) in [5.41, 5.74) is 0.178. The van der Waals surface area contributed by atoms with Gasteiger partial charge in [0.2, 0.25) is 10.0 Å². The molecule has 0 unspecified atom stereocenters. The van der Waals surface area contributed by atoms with Crippen LogP contribution < -0.4 is 10.5 Å². The zero-order valence-corrected chi connectivity index (χ0v) is 9.90. The summed E-state index contributed by atoms with van der Waals surface area (Å²) in [5, 5.41) is 18.1. The molecule has 9 heteroatoms. The number of nitrogens with one attached hydrogen (secondary N) is 1. The summed E-state index contributed by atoms with van der Waals surface area (Å²) in [5.74, 6) is 0.141. The Bertz CT molecular complexity index is 528. The molecule has 0 saturated heterocycles. The van der Waals surface area contributed by atoms with Crippen molar-refractivity contribution in [1.82, 2.24) is 4.98 Å². The van der Waals surface area contributed by atoms with Gasteiger partial charge in [-0.25, -0.2) is 18.5 Å². The summed E-state index contributed by atoms with van der Waals surface area (Å²) < 4.78 is 21.3. The maximum absolute atomic E-state index is 10.7. The highest BCUT2D eigenvalue weighted by atomic mass is 32.2. The van der Waals surface area contributed by atoms with Gasteiger partial charge in [0.1, 0.15) is 11.5 Å². The lowest BCUT2D eigenvalue weighted by Gasteiger charge is -2.05. The van der Waals surface area contributed by atoms with Crippen LogP contribution in [0.25, 0.3) is 0 Å². The molecule has 1 aromatic rings. The van der Waals surface area contributed by atoms with Gasteiger partial charge < -0.3 is 5.32 Å². The Balaban J connectivity index is 2.68. The highest BCUT2D eigenvalue weighted by Gasteiger charge is 2.11. The number of sulfonamides is 1. The highest BCUT2D eigenvalue weighted by Crippen LogP contribution is 2.17. The lowest BCUT2D eigenvalue weighted by atomic mass is 10.3. The van der Waals surface area contributed by atoms with Crippen LogP contribution in [-0.2, 0) is 10.0 Å². The number of hydrogen-bond acceptors (Lipinski definition) is 6. The van der Waals surface area contributed by atoms with Crippen molar-refractivity contribution >= 4 is 21.5 Å². The lowest BCUT2D eigenvalue weighted by molar-refractivity contribution is -0.385. The van der Waals surface area contributed by atoms with E-state index in [4.69, 9.17) is 5.14 Å². The van der Waals surface area contributed by atoms with Crippen LogP contribution in [0.15, 0.2) is 12.1 Å². The largest absolute Gasteiger partial charge is 0.369 e. The molecule has 17 heavy (non-hydrogen) atoms. The Morgan fingerprint density at radius 1 is 1.53 bits per heavy atom. The Labute approximate surface area is 98.0 Å². The molecule has 1 rings (SSSR count). The van der Waals surface area contributed by atoms with E-state index in [-0.39, 0.29) is 23.7 Å². The first-order chi connectivity index (χ1) is 7.79. The van der Waals surface area contributed by atoms with Crippen LogP contribution in [0.2, 0.25) is 0 Å².